The first-order chi connectivity index (χ1) is 13.0. The van der Waals surface area contributed by atoms with Crippen molar-refractivity contribution in [3.8, 4) is 0 Å². The van der Waals surface area contributed by atoms with Crippen molar-refractivity contribution in [1.82, 2.24) is 15.1 Å². The first-order valence-electron chi connectivity index (χ1n) is 9.21. The van der Waals surface area contributed by atoms with E-state index in [9.17, 15) is 9.59 Å². The zero-order valence-corrected chi connectivity index (χ0v) is 15.6. The van der Waals surface area contributed by atoms with Crippen LogP contribution in [-0.4, -0.2) is 54.3 Å². The molecule has 0 bridgehead atoms. The van der Waals surface area contributed by atoms with Crippen LogP contribution in [-0.2, 0) is 11.3 Å². The van der Waals surface area contributed by atoms with Gasteiger partial charge in [0.2, 0.25) is 5.91 Å². The zero-order chi connectivity index (χ0) is 19.2. The molecule has 0 spiro atoms. The molecule has 6 heteroatoms. The second kappa shape index (κ2) is 8.68. The summed E-state index contributed by atoms with van der Waals surface area (Å²) in [6.45, 7) is 5.40. The Hall–Kier alpha value is -2.86. The van der Waals surface area contributed by atoms with Crippen molar-refractivity contribution in [1.29, 1.82) is 0 Å². The third-order valence-corrected chi connectivity index (χ3v) is 4.85. The molecule has 2 amide bonds. The molecule has 1 aliphatic heterocycles. The normalized spacial score (nSPS) is 14.8. The molecule has 3 N–H and O–H groups in total. The van der Waals surface area contributed by atoms with Gasteiger partial charge >= 0.3 is 0 Å². The predicted octanol–water partition coefficient (Wildman–Crippen LogP) is 1.65. The predicted molar refractivity (Wildman–Crippen MR) is 106 cm³/mol. The first kappa shape index (κ1) is 18.9. The third kappa shape index (κ3) is 5.08. The van der Waals surface area contributed by atoms with Gasteiger partial charge in [0, 0.05) is 44.0 Å². The molecule has 2 aromatic carbocycles. The number of carbonyl (C=O) groups excluding carboxylic acids is 2. The van der Waals surface area contributed by atoms with Crippen molar-refractivity contribution < 1.29 is 9.59 Å². The monoisotopic (exact) mass is 366 g/mol. The maximum absolute atomic E-state index is 12.7. The number of anilines is 1. The lowest BCUT2D eigenvalue weighted by Gasteiger charge is -2.34. The fourth-order valence-corrected chi connectivity index (χ4v) is 3.20. The van der Waals surface area contributed by atoms with Crippen LogP contribution in [0.15, 0.2) is 48.5 Å². The molecule has 1 fully saturated rings. The second-order valence-electron chi connectivity index (χ2n) is 6.91. The van der Waals surface area contributed by atoms with Gasteiger partial charge in [0.05, 0.1) is 6.54 Å². The Balaban J connectivity index is 1.46. The van der Waals surface area contributed by atoms with Crippen molar-refractivity contribution in [2.45, 2.75) is 13.5 Å². The number of rotatable bonds is 5. The number of nitrogens with one attached hydrogen (secondary N) is 1. The van der Waals surface area contributed by atoms with E-state index in [2.05, 4.69) is 10.2 Å². The highest BCUT2D eigenvalue weighted by molar-refractivity contribution is 5.96. The minimum atomic E-state index is 0.00491. The summed E-state index contributed by atoms with van der Waals surface area (Å²) >= 11 is 0. The van der Waals surface area contributed by atoms with Crippen LogP contribution in [0, 0.1) is 6.92 Å². The average Bonchev–Trinajstić information content (AvgIpc) is 2.69. The number of nitrogen functional groups attached to an aromatic ring is 1. The number of hydrogen-bond acceptors (Lipinski definition) is 4. The quantitative estimate of drug-likeness (QED) is 0.789. The minimum Gasteiger partial charge on any atom is -0.399 e. The molecule has 1 saturated heterocycles. The van der Waals surface area contributed by atoms with E-state index >= 15 is 0 Å². The smallest absolute Gasteiger partial charge is 0.254 e. The summed E-state index contributed by atoms with van der Waals surface area (Å²) in [7, 11) is 0. The van der Waals surface area contributed by atoms with Crippen LogP contribution >= 0.6 is 0 Å². The fourth-order valence-electron chi connectivity index (χ4n) is 3.20. The Morgan fingerprint density at radius 2 is 1.74 bits per heavy atom. The number of benzene rings is 2. The van der Waals surface area contributed by atoms with Gasteiger partial charge in [-0.05, 0) is 30.2 Å². The Morgan fingerprint density at radius 3 is 2.44 bits per heavy atom. The Kier molecular flexibility index (Phi) is 6.08. The minimum absolute atomic E-state index is 0.00491. The van der Waals surface area contributed by atoms with Crippen LogP contribution in [0.25, 0.3) is 0 Å². The average molecular weight is 366 g/mol. The molecule has 2 aromatic rings. The lowest BCUT2D eigenvalue weighted by molar-refractivity contribution is -0.122. The van der Waals surface area contributed by atoms with Crippen LogP contribution in [0.5, 0.6) is 0 Å². The molecule has 0 aromatic heterocycles. The lowest BCUT2D eigenvalue weighted by atomic mass is 10.1. The van der Waals surface area contributed by atoms with E-state index in [1.807, 2.05) is 48.2 Å². The summed E-state index contributed by atoms with van der Waals surface area (Å²) < 4.78 is 0. The van der Waals surface area contributed by atoms with E-state index in [-0.39, 0.29) is 11.8 Å². The Labute approximate surface area is 159 Å². The van der Waals surface area contributed by atoms with Crippen LogP contribution in [0.2, 0.25) is 0 Å². The lowest BCUT2D eigenvalue weighted by Crippen LogP contribution is -2.51. The largest absolute Gasteiger partial charge is 0.399 e. The van der Waals surface area contributed by atoms with Crippen LogP contribution in [0.3, 0.4) is 0 Å². The molecule has 0 aliphatic carbocycles. The summed E-state index contributed by atoms with van der Waals surface area (Å²) in [6.07, 6.45) is 0. The summed E-state index contributed by atoms with van der Waals surface area (Å²) in [6, 6.07) is 15.3. The van der Waals surface area contributed by atoms with Crippen molar-refractivity contribution in [2.75, 3.05) is 38.5 Å². The SMILES string of the molecule is Cc1ccc(N)cc1C(=O)N1CCN(CC(=O)NCc2ccccc2)CC1. The number of hydrogen-bond donors (Lipinski definition) is 2. The summed E-state index contributed by atoms with van der Waals surface area (Å²) in [5.41, 5.74) is 9.08. The zero-order valence-electron chi connectivity index (χ0n) is 15.6. The van der Waals surface area contributed by atoms with Crippen molar-refractivity contribution >= 4 is 17.5 Å². The Bertz CT molecular complexity index is 799. The van der Waals surface area contributed by atoms with Crippen LogP contribution in [0.1, 0.15) is 21.5 Å². The maximum Gasteiger partial charge on any atom is 0.254 e. The van der Waals surface area contributed by atoms with Gasteiger partial charge in [-0.15, -0.1) is 0 Å². The van der Waals surface area contributed by atoms with E-state index in [1.165, 1.54) is 0 Å². The summed E-state index contributed by atoms with van der Waals surface area (Å²) in [5, 5.41) is 2.94. The molecular formula is C21H26N4O2. The molecule has 142 valence electrons. The molecule has 27 heavy (non-hydrogen) atoms. The van der Waals surface area contributed by atoms with E-state index in [0.29, 0.717) is 50.5 Å². The summed E-state index contributed by atoms with van der Waals surface area (Å²) in [4.78, 5) is 28.8. The van der Waals surface area contributed by atoms with Gasteiger partial charge in [0.25, 0.3) is 5.91 Å². The fraction of sp³-hybridized carbons (Fsp3) is 0.333. The number of piperazine rings is 1. The highest BCUT2D eigenvalue weighted by atomic mass is 16.2. The van der Waals surface area contributed by atoms with E-state index in [1.54, 1.807) is 12.1 Å². The topological polar surface area (TPSA) is 78.7 Å². The standard InChI is InChI=1S/C21H26N4O2/c1-16-7-8-18(22)13-19(16)21(27)25-11-9-24(10-12-25)15-20(26)23-14-17-5-3-2-4-6-17/h2-8,13H,9-12,14-15,22H2,1H3,(H,23,26). The molecular weight excluding hydrogens is 340 g/mol. The van der Waals surface area contributed by atoms with Gasteiger partial charge in [-0.25, -0.2) is 0 Å². The van der Waals surface area contributed by atoms with Crippen LogP contribution in [0.4, 0.5) is 5.69 Å². The molecule has 0 saturated carbocycles. The number of nitrogens with two attached hydrogens (primary N) is 1. The van der Waals surface area contributed by atoms with Gasteiger partial charge in [-0.1, -0.05) is 36.4 Å². The summed E-state index contributed by atoms with van der Waals surface area (Å²) in [5.74, 6) is 0.0123. The van der Waals surface area contributed by atoms with Crippen molar-refractivity contribution in [3.05, 3.63) is 65.2 Å². The molecule has 0 unspecified atom stereocenters. The molecule has 0 atom stereocenters. The van der Waals surface area contributed by atoms with Crippen molar-refractivity contribution in [3.63, 3.8) is 0 Å². The number of amides is 2. The molecule has 1 heterocycles. The molecule has 1 aliphatic rings. The van der Waals surface area contributed by atoms with E-state index < -0.39 is 0 Å². The molecule has 6 nitrogen and oxygen atoms in total. The number of aryl methyl sites for hydroxylation is 1. The van der Waals surface area contributed by atoms with Gasteiger partial charge < -0.3 is 16.0 Å². The third-order valence-electron chi connectivity index (χ3n) is 4.85. The molecule has 3 rings (SSSR count). The van der Waals surface area contributed by atoms with Gasteiger partial charge in [-0.2, -0.15) is 0 Å². The second-order valence-corrected chi connectivity index (χ2v) is 6.91. The highest BCUT2D eigenvalue weighted by Crippen LogP contribution is 2.16. The number of nitrogens with zero attached hydrogens (tertiary/aromatic N) is 2. The maximum atomic E-state index is 12.7. The van der Waals surface area contributed by atoms with Gasteiger partial charge in [0.15, 0.2) is 0 Å². The molecule has 0 radical (unpaired) electrons. The van der Waals surface area contributed by atoms with Crippen LogP contribution < -0.4 is 11.1 Å². The Morgan fingerprint density at radius 1 is 1.04 bits per heavy atom. The van der Waals surface area contributed by atoms with Crippen molar-refractivity contribution in [2.24, 2.45) is 0 Å². The highest BCUT2D eigenvalue weighted by Gasteiger charge is 2.24. The van der Waals surface area contributed by atoms with Gasteiger partial charge in [-0.3, -0.25) is 14.5 Å². The van der Waals surface area contributed by atoms with E-state index in [0.717, 1.165) is 11.1 Å². The van der Waals surface area contributed by atoms with E-state index in [4.69, 9.17) is 5.73 Å². The number of carbonyl (C=O) groups is 2. The first-order valence-corrected chi connectivity index (χ1v) is 9.21. The van der Waals surface area contributed by atoms with Gasteiger partial charge in [0.1, 0.15) is 0 Å².